The molecule has 13 heavy (non-hydrogen) atoms. The molecule has 1 N–H and O–H groups in total. The van der Waals surface area contributed by atoms with Gasteiger partial charge in [0, 0.05) is 19.0 Å². The third kappa shape index (κ3) is 6.32. The molecule has 0 saturated heterocycles. The predicted molar refractivity (Wildman–Crippen MR) is 56.0 cm³/mol. The van der Waals surface area contributed by atoms with Crippen molar-refractivity contribution in [2.45, 2.75) is 33.2 Å². The first-order valence-electron chi connectivity index (χ1n) is 4.75. The van der Waals surface area contributed by atoms with Crippen molar-refractivity contribution in [3.8, 4) is 0 Å². The van der Waals surface area contributed by atoms with Crippen LogP contribution in [-0.2, 0) is 9.47 Å². The monoisotopic (exact) mass is 208 g/mol. The van der Waals surface area contributed by atoms with Crippen molar-refractivity contribution in [1.82, 2.24) is 0 Å². The summed E-state index contributed by atoms with van der Waals surface area (Å²) in [6.45, 7) is 6.99. The molecule has 0 amide bonds. The van der Waals surface area contributed by atoms with Gasteiger partial charge in [0.2, 0.25) is 0 Å². The maximum absolute atomic E-state index is 9.63. The number of aliphatic hydroxyl groups is 1. The first-order chi connectivity index (χ1) is 6.26. The van der Waals surface area contributed by atoms with Crippen LogP contribution in [0.5, 0.6) is 0 Å². The van der Waals surface area contributed by atoms with Crippen molar-refractivity contribution in [1.29, 1.82) is 0 Å². The Morgan fingerprint density at radius 2 is 1.69 bits per heavy atom. The van der Waals surface area contributed by atoms with Gasteiger partial charge in [0.15, 0.2) is 6.29 Å². The third-order valence-corrected chi connectivity index (χ3v) is 2.45. The zero-order valence-corrected chi connectivity index (χ0v) is 9.47. The maximum atomic E-state index is 9.63. The summed E-state index contributed by atoms with van der Waals surface area (Å²) in [5, 5.41) is 9.63. The lowest BCUT2D eigenvalue weighted by Crippen LogP contribution is -2.33. The van der Waals surface area contributed by atoms with Gasteiger partial charge in [-0.05, 0) is 19.6 Å². The Balaban J connectivity index is 3.72. The molecule has 0 saturated carbocycles. The molecule has 1 unspecified atom stereocenters. The smallest absolute Gasteiger partial charge is 0.184 e. The second kappa shape index (κ2) is 8.81. The molecule has 3 nitrogen and oxygen atoms in total. The van der Waals surface area contributed by atoms with Gasteiger partial charge in [0.1, 0.15) is 6.10 Å². The van der Waals surface area contributed by atoms with E-state index in [-0.39, 0.29) is 0 Å². The van der Waals surface area contributed by atoms with Crippen molar-refractivity contribution in [2.75, 3.05) is 24.7 Å². The van der Waals surface area contributed by atoms with Gasteiger partial charge in [0.05, 0.1) is 0 Å². The van der Waals surface area contributed by atoms with Crippen LogP contribution in [0.15, 0.2) is 0 Å². The van der Waals surface area contributed by atoms with E-state index in [0.29, 0.717) is 19.0 Å². The molecule has 0 spiro atoms. The average Bonchev–Trinajstić information content (AvgIpc) is 2.14. The summed E-state index contributed by atoms with van der Waals surface area (Å²) in [4.78, 5) is 0. The number of hydrogen-bond donors (Lipinski definition) is 1. The zero-order chi connectivity index (χ0) is 10.1. The van der Waals surface area contributed by atoms with E-state index >= 15 is 0 Å². The molecule has 0 rings (SSSR count). The quantitative estimate of drug-likeness (QED) is 0.614. The van der Waals surface area contributed by atoms with E-state index in [1.807, 2.05) is 13.8 Å². The van der Waals surface area contributed by atoms with Crippen LogP contribution in [0.25, 0.3) is 0 Å². The fraction of sp³-hybridized carbons (Fsp3) is 1.00. The molecule has 0 aromatic carbocycles. The molecule has 4 heteroatoms. The van der Waals surface area contributed by atoms with Gasteiger partial charge in [-0.3, -0.25) is 0 Å². The van der Waals surface area contributed by atoms with E-state index in [1.54, 1.807) is 11.8 Å². The highest BCUT2D eigenvalue weighted by molar-refractivity contribution is 7.99. The van der Waals surface area contributed by atoms with E-state index in [0.717, 1.165) is 5.75 Å². The lowest BCUT2D eigenvalue weighted by atomic mass is 10.4. The molecule has 0 aromatic heterocycles. The molecule has 1 atom stereocenters. The molecule has 0 fully saturated rings. The number of hydrogen-bond acceptors (Lipinski definition) is 4. The van der Waals surface area contributed by atoms with E-state index in [2.05, 4.69) is 6.92 Å². The number of thioether (sulfide) groups is 1. The van der Waals surface area contributed by atoms with Crippen molar-refractivity contribution in [2.24, 2.45) is 0 Å². The Hall–Kier alpha value is 0.230. The first-order valence-corrected chi connectivity index (χ1v) is 5.90. The van der Waals surface area contributed by atoms with Crippen molar-refractivity contribution >= 4 is 11.8 Å². The summed E-state index contributed by atoms with van der Waals surface area (Å²) in [5.74, 6) is 1.67. The summed E-state index contributed by atoms with van der Waals surface area (Å²) in [6.07, 6.45) is -0.987. The number of aliphatic hydroxyl groups excluding tert-OH is 1. The molecule has 0 aliphatic heterocycles. The van der Waals surface area contributed by atoms with E-state index in [4.69, 9.17) is 9.47 Å². The lowest BCUT2D eigenvalue weighted by molar-refractivity contribution is -0.183. The van der Waals surface area contributed by atoms with Crippen molar-refractivity contribution < 1.29 is 14.6 Å². The van der Waals surface area contributed by atoms with E-state index in [1.165, 1.54) is 0 Å². The molecule has 0 aliphatic rings. The second-order valence-electron chi connectivity index (χ2n) is 2.51. The van der Waals surface area contributed by atoms with Crippen molar-refractivity contribution in [3.05, 3.63) is 0 Å². The maximum Gasteiger partial charge on any atom is 0.184 e. The average molecular weight is 208 g/mol. The standard InChI is InChI=1S/C9H20O3S/c1-4-11-9(12-5-2)8(10)7-13-6-3/h8-10H,4-7H2,1-3H3. The Kier molecular flexibility index (Phi) is 8.97. The molecule has 0 radical (unpaired) electrons. The third-order valence-electron chi connectivity index (χ3n) is 1.47. The van der Waals surface area contributed by atoms with Crippen LogP contribution >= 0.6 is 11.8 Å². The predicted octanol–water partition coefficient (Wildman–Crippen LogP) is 1.50. The minimum absolute atomic E-state index is 0.464. The molecular formula is C9H20O3S. The van der Waals surface area contributed by atoms with Crippen LogP contribution in [-0.4, -0.2) is 42.2 Å². The van der Waals surface area contributed by atoms with Gasteiger partial charge in [0.25, 0.3) is 0 Å². The summed E-state index contributed by atoms with van der Waals surface area (Å²) < 4.78 is 10.5. The Bertz CT molecular complexity index is 105. The number of rotatable bonds is 8. The Morgan fingerprint density at radius 1 is 1.15 bits per heavy atom. The molecule has 80 valence electrons. The molecule has 0 bridgehead atoms. The normalized spacial score (nSPS) is 13.6. The highest BCUT2D eigenvalue weighted by Gasteiger charge is 2.18. The SMILES string of the molecule is CCOC(OCC)C(O)CSCC. The van der Waals surface area contributed by atoms with Gasteiger partial charge in [-0.1, -0.05) is 6.92 Å². The van der Waals surface area contributed by atoms with Gasteiger partial charge in [-0.15, -0.1) is 0 Å². The molecule has 0 heterocycles. The van der Waals surface area contributed by atoms with Crippen LogP contribution < -0.4 is 0 Å². The fourth-order valence-corrected chi connectivity index (χ4v) is 1.55. The highest BCUT2D eigenvalue weighted by atomic mass is 32.2. The minimum Gasteiger partial charge on any atom is -0.387 e. The van der Waals surface area contributed by atoms with Gasteiger partial charge in [-0.2, -0.15) is 11.8 Å². The van der Waals surface area contributed by atoms with E-state index < -0.39 is 12.4 Å². The summed E-state index contributed by atoms with van der Waals surface area (Å²) in [7, 11) is 0. The van der Waals surface area contributed by atoms with E-state index in [9.17, 15) is 5.11 Å². The zero-order valence-electron chi connectivity index (χ0n) is 8.66. The van der Waals surface area contributed by atoms with Crippen molar-refractivity contribution in [3.63, 3.8) is 0 Å². The van der Waals surface area contributed by atoms with Gasteiger partial charge < -0.3 is 14.6 Å². The largest absolute Gasteiger partial charge is 0.387 e. The minimum atomic E-state index is -0.523. The molecular weight excluding hydrogens is 188 g/mol. The second-order valence-corrected chi connectivity index (χ2v) is 3.82. The summed E-state index contributed by atoms with van der Waals surface area (Å²) in [6, 6.07) is 0. The summed E-state index contributed by atoms with van der Waals surface area (Å²) in [5.41, 5.74) is 0. The Morgan fingerprint density at radius 3 is 2.08 bits per heavy atom. The van der Waals surface area contributed by atoms with Crippen LogP contribution in [0.1, 0.15) is 20.8 Å². The van der Waals surface area contributed by atoms with Crippen LogP contribution in [0.4, 0.5) is 0 Å². The summed E-state index contributed by atoms with van der Waals surface area (Å²) >= 11 is 1.69. The lowest BCUT2D eigenvalue weighted by Gasteiger charge is -2.21. The van der Waals surface area contributed by atoms with Gasteiger partial charge >= 0.3 is 0 Å². The molecule has 0 aromatic rings. The first kappa shape index (κ1) is 13.2. The Labute approximate surface area is 84.8 Å². The number of ether oxygens (including phenoxy) is 2. The van der Waals surface area contributed by atoms with Crippen LogP contribution in [0.2, 0.25) is 0 Å². The van der Waals surface area contributed by atoms with Crippen LogP contribution in [0, 0.1) is 0 Å². The molecule has 0 aliphatic carbocycles. The van der Waals surface area contributed by atoms with Gasteiger partial charge in [-0.25, -0.2) is 0 Å². The fourth-order valence-electron chi connectivity index (χ4n) is 0.916. The topological polar surface area (TPSA) is 38.7 Å². The van der Waals surface area contributed by atoms with Crippen LogP contribution in [0.3, 0.4) is 0 Å². The highest BCUT2D eigenvalue weighted by Crippen LogP contribution is 2.09.